The van der Waals surface area contributed by atoms with Crippen LogP contribution in [-0.4, -0.2) is 5.11 Å². The summed E-state index contributed by atoms with van der Waals surface area (Å²) in [6.45, 7) is 6.59. The van der Waals surface area contributed by atoms with Gasteiger partial charge in [0.15, 0.2) is 0 Å². The first-order chi connectivity index (χ1) is 13.1. The number of phenols is 1. The van der Waals surface area contributed by atoms with E-state index in [0.717, 1.165) is 17.5 Å². The van der Waals surface area contributed by atoms with Gasteiger partial charge in [0, 0.05) is 23.0 Å². The van der Waals surface area contributed by atoms with Gasteiger partial charge >= 0.3 is 0 Å². The molecule has 0 radical (unpaired) electrons. The van der Waals surface area contributed by atoms with E-state index in [1.54, 1.807) is 0 Å². The third kappa shape index (κ3) is 4.42. The molecule has 140 valence electrons. The van der Waals surface area contributed by atoms with Crippen molar-refractivity contribution >= 4 is 0 Å². The number of aryl methyl sites for hydroxylation is 1. The van der Waals surface area contributed by atoms with Crippen molar-refractivity contribution in [3.8, 4) is 5.75 Å². The molecule has 3 rings (SSSR count). The fourth-order valence-electron chi connectivity index (χ4n) is 3.77. The van der Waals surface area contributed by atoms with E-state index in [9.17, 15) is 5.11 Å². The Morgan fingerprint density at radius 3 is 1.59 bits per heavy atom. The number of unbranched alkanes of at least 4 members (excludes halogenated alkanes) is 1. The van der Waals surface area contributed by atoms with Crippen molar-refractivity contribution in [2.75, 3.05) is 0 Å². The zero-order chi connectivity index (χ0) is 19.2. The van der Waals surface area contributed by atoms with E-state index in [4.69, 9.17) is 0 Å². The predicted octanol–water partition coefficient (Wildman–Crippen LogP) is 7.04. The van der Waals surface area contributed by atoms with Crippen LogP contribution in [0.2, 0.25) is 0 Å². The van der Waals surface area contributed by atoms with Gasteiger partial charge in [0.25, 0.3) is 0 Å². The van der Waals surface area contributed by atoms with Gasteiger partial charge in [0.1, 0.15) is 5.75 Å². The molecule has 0 saturated carbocycles. The van der Waals surface area contributed by atoms with Crippen LogP contribution in [0.4, 0.5) is 0 Å². The van der Waals surface area contributed by atoms with E-state index >= 15 is 0 Å². The Balaban J connectivity index is 2.07. The fraction of sp³-hybridized carbons (Fsp3) is 0.308. The molecule has 3 aromatic carbocycles. The third-order valence-corrected chi connectivity index (χ3v) is 5.58. The van der Waals surface area contributed by atoms with Crippen LogP contribution in [0.3, 0.4) is 0 Å². The minimum absolute atomic E-state index is 0.162. The maximum Gasteiger partial charge on any atom is 0.123 e. The minimum atomic E-state index is 0.162. The van der Waals surface area contributed by atoms with Crippen molar-refractivity contribution in [3.63, 3.8) is 0 Å². The highest BCUT2D eigenvalue weighted by molar-refractivity contribution is 5.52. The van der Waals surface area contributed by atoms with Crippen LogP contribution in [0.25, 0.3) is 0 Å². The van der Waals surface area contributed by atoms with Crippen molar-refractivity contribution in [1.82, 2.24) is 0 Å². The van der Waals surface area contributed by atoms with E-state index < -0.39 is 0 Å². The summed E-state index contributed by atoms with van der Waals surface area (Å²) in [6, 6.07) is 25.3. The quantitative estimate of drug-likeness (QED) is 0.480. The van der Waals surface area contributed by atoms with Crippen LogP contribution < -0.4 is 0 Å². The lowest BCUT2D eigenvalue weighted by atomic mass is 9.84. The lowest BCUT2D eigenvalue weighted by molar-refractivity contribution is 0.456. The summed E-state index contributed by atoms with van der Waals surface area (Å²) in [5, 5.41) is 11.2. The van der Waals surface area contributed by atoms with E-state index in [1.165, 1.54) is 29.5 Å². The number of hydrogen-bond acceptors (Lipinski definition) is 1. The largest absolute Gasteiger partial charge is 0.507 e. The second kappa shape index (κ2) is 8.90. The normalized spacial score (nSPS) is 13.3. The maximum absolute atomic E-state index is 11.2. The van der Waals surface area contributed by atoms with Gasteiger partial charge in [-0.1, -0.05) is 100.0 Å². The number of aromatic hydroxyl groups is 1. The van der Waals surface area contributed by atoms with Crippen LogP contribution >= 0.6 is 0 Å². The third-order valence-electron chi connectivity index (χ3n) is 5.58. The molecule has 3 aromatic rings. The Hall–Kier alpha value is -2.54. The molecule has 0 saturated heterocycles. The van der Waals surface area contributed by atoms with E-state index in [2.05, 4.69) is 81.4 Å². The van der Waals surface area contributed by atoms with Crippen LogP contribution in [-0.2, 0) is 6.42 Å². The molecule has 27 heavy (non-hydrogen) atoms. The summed E-state index contributed by atoms with van der Waals surface area (Å²) in [6.07, 6.45) is 3.40. The Labute approximate surface area is 163 Å². The molecule has 1 N–H and O–H groups in total. The van der Waals surface area contributed by atoms with Gasteiger partial charge in [-0.05, 0) is 29.5 Å². The van der Waals surface area contributed by atoms with E-state index in [-0.39, 0.29) is 11.8 Å². The molecule has 0 aliphatic rings. The van der Waals surface area contributed by atoms with Crippen molar-refractivity contribution in [2.24, 2.45) is 0 Å². The van der Waals surface area contributed by atoms with Gasteiger partial charge in [-0.2, -0.15) is 0 Å². The zero-order valence-corrected chi connectivity index (χ0v) is 16.7. The number of phenolic OH excluding ortho intramolecular Hbond substituents is 1. The number of hydrogen-bond donors (Lipinski definition) is 1. The van der Waals surface area contributed by atoms with Crippen molar-refractivity contribution < 1.29 is 5.11 Å². The summed E-state index contributed by atoms with van der Waals surface area (Å²) >= 11 is 0. The van der Waals surface area contributed by atoms with Gasteiger partial charge in [-0.3, -0.25) is 0 Å². The first kappa shape index (κ1) is 19.2. The average Bonchev–Trinajstić information content (AvgIpc) is 2.73. The van der Waals surface area contributed by atoms with Gasteiger partial charge < -0.3 is 5.11 Å². The standard InChI is InChI=1S/C26H30O/c1-4-5-12-21-17-24(19(2)22-13-8-6-9-14-22)26(27)25(18-21)20(3)23-15-10-7-11-16-23/h6-11,13-20,27H,4-5,12H2,1-3H3. The molecule has 0 aliphatic heterocycles. The monoisotopic (exact) mass is 358 g/mol. The van der Waals surface area contributed by atoms with Gasteiger partial charge in [0.05, 0.1) is 0 Å². The Kier molecular flexibility index (Phi) is 6.34. The molecular formula is C26H30O. The molecule has 1 heteroatoms. The summed E-state index contributed by atoms with van der Waals surface area (Å²) in [5.41, 5.74) is 5.86. The molecule has 0 aromatic heterocycles. The lowest BCUT2D eigenvalue weighted by Gasteiger charge is -2.22. The molecule has 2 atom stereocenters. The summed E-state index contributed by atoms with van der Waals surface area (Å²) in [7, 11) is 0. The first-order valence-electron chi connectivity index (χ1n) is 10.1. The fourth-order valence-corrected chi connectivity index (χ4v) is 3.77. The maximum atomic E-state index is 11.2. The van der Waals surface area contributed by atoms with Crippen molar-refractivity contribution in [1.29, 1.82) is 0 Å². The molecule has 0 heterocycles. The minimum Gasteiger partial charge on any atom is -0.507 e. The van der Waals surface area contributed by atoms with Gasteiger partial charge in [-0.25, -0.2) is 0 Å². The van der Waals surface area contributed by atoms with Crippen LogP contribution in [0.15, 0.2) is 72.8 Å². The SMILES string of the molecule is CCCCc1cc(C(C)c2ccccc2)c(O)c(C(C)c2ccccc2)c1. The highest BCUT2D eigenvalue weighted by Gasteiger charge is 2.20. The van der Waals surface area contributed by atoms with Crippen LogP contribution in [0.1, 0.15) is 73.3 Å². The topological polar surface area (TPSA) is 20.2 Å². The van der Waals surface area contributed by atoms with Gasteiger partial charge in [0.2, 0.25) is 0 Å². The van der Waals surface area contributed by atoms with E-state index in [0.29, 0.717) is 5.75 Å². The molecule has 1 nitrogen and oxygen atoms in total. The number of benzene rings is 3. The molecule has 0 amide bonds. The Morgan fingerprint density at radius 2 is 1.19 bits per heavy atom. The second-order valence-electron chi connectivity index (χ2n) is 7.49. The first-order valence-corrected chi connectivity index (χ1v) is 10.1. The second-order valence-corrected chi connectivity index (χ2v) is 7.49. The molecule has 2 unspecified atom stereocenters. The number of rotatable bonds is 7. The molecule has 0 fully saturated rings. The van der Waals surface area contributed by atoms with Crippen molar-refractivity contribution in [3.05, 3.63) is 101 Å². The summed E-state index contributed by atoms with van der Waals surface area (Å²) < 4.78 is 0. The molecule has 0 bridgehead atoms. The van der Waals surface area contributed by atoms with Crippen LogP contribution in [0, 0.1) is 0 Å². The van der Waals surface area contributed by atoms with E-state index in [1.807, 2.05) is 12.1 Å². The lowest BCUT2D eigenvalue weighted by Crippen LogP contribution is -2.04. The van der Waals surface area contributed by atoms with Gasteiger partial charge in [-0.15, -0.1) is 0 Å². The molecule has 0 aliphatic carbocycles. The highest BCUT2D eigenvalue weighted by atomic mass is 16.3. The van der Waals surface area contributed by atoms with Crippen LogP contribution in [0.5, 0.6) is 5.75 Å². The smallest absolute Gasteiger partial charge is 0.123 e. The summed E-state index contributed by atoms with van der Waals surface area (Å²) in [4.78, 5) is 0. The predicted molar refractivity (Wildman–Crippen MR) is 115 cm³/mol. The Morgan fingerprint density at radius 1 is 0.741 bits per heavy atom. The average molecular weight is 359 g/mol. The Bertz CT molecular complexity index is 785. The van der Waals surface area contributed by atoms with Crippen molar-refractivity contribution in [2.45, 2.75) is 51.9 Å². The molecular weight excluding hydrogens is 328 g/mol. The molecule has 0 spiro atoms. The zero-order valence-electron chi connectivity index (χ0n) is 16.7. The highest BCUT2D eigenvalue weighted by Crippen LogP contribution is 2.39. The summed E-state index contributed by atoms with van der Waals surface area (Å²) in [5.74, 6) is 0.770.